The van der Waals surface area contributed by atoms with Gasteiger partial charge < -0.3 is 18.6 Å². The number of ether oxygens (including phenoxy) is 3. The Morgan fingerprint density at radius 1 is 1.07 bits per heavy atom. The molecule has 2 aromatic carbocycles. The molecule has 3 aromatic rings. The Bertz CT molecular complexity index is 1060. The maximum atomic E-state index is 12.6. The van der Waals surface area contributed by atoms with Crippen molar-refractivity contribution < 1.29 is 28.3 Å². The van der Waals surface area contributed by atoms with Gasteiger partial charge in [0.2, 0.25) is 5.89 Å². The number of hydrogen-bond donors (Lipinski definition) is 1. The average Bonchev–Trinajstić information content (AvgIpc) is 3.19. The number of aromatic nitrogens is 2. The second-order valence-electron chi connectivity index (χ2n) is 5.96. The molecule has 0 saturated carbocycles. The predicted molar refractivity (Wildman–Crippen MR) is 104 cm³/mol. The Kier molecular flexibility index (Phi) is 6.11. The van der Waals surface area contributed by atoms with Crippen LogP contribution in [0.25, 0.3) is 0 Å². The summed E-state index contributed by atoms with van der Waals surface area (Å²) >= 11 is 0. The molecular formula is C19H18N4O7. The monoisotopic (exact) mass is 414 g/mol. The van der Waals surface area contributed by atoms with Crippen molar-refractivity contribution in [3.8, 4) is 17.2 Å². The summed E-state index contributed by atoms with van der Waals surface area (Å²) in [6.07, 6.45) is 0.337. The zero-order valence-corrected chi connectivity index (χ0v) is 16.4. The number of nitro groups is 1. The van der Waals surface area contributed by atoms with Gasteiger partial charge in [0.15, 0.2) is 11.5 Å². The molecule has 0 unspecified atom stereocenters. The van der Waals surface area contributed by atoms with Crippen molar-refractivity contribution in [3.05, 3.63) is 63.5 Å². The van der Waals surface area contributed by atoms with Gasteiger partial charge >= 0.3 is 6.01 Å². The fraction of sp³-hybridized carbons (Fsp3) is 0.211. The molecule has 1 aromatic heterocycles. The highest BCUT2D eigenvalue weighted by Gasteiger charge is 2.25. The lowest BCUT2D eigenvalue weighted by molar-refractivity contribution is -0.385. The third-order valence-corrected chi connectivity index (χ3v) is 4.14. The smallest absolute Gasteiger partial charge is 0.322 e. The van der Waals surface area contributed by atoms with Gasteiger partial charge in [-0.15, -0.1) is 5.10 Å². The van der Waals surface area contributed by atoms with Crippen LogP contribution < -0.4 is 19.5 Å². The van der Waals surface area contributed by atoms with Gasteiger partial charge in [0.25, 0.3) is 11.6 Å². The molecule has 0 aliphatic heterocycles. The maximum Gasteiger partial charge on any atom is 0.322 e. The van der Waals surface area contributed by atoms with Crippen molar-refractivity contribution in [2.24, 2.45) is 0 Å². The second-order valence-corrected chi connectivity index (χ2v) is 5.96. The molecule has 11 nitrogen and oxygen atoms in total. The average molecular weight is 414 g/mol. The van der Waals surface area contributed by atoms with E-state index < -0.39 is 16.5 Å². The minimum atomic E-state index is -0.803. The van der Waals surface area contributed by atoms with E-state index >= 15 is 0 Å². The molecule has 11 heteroatoms. The standard InChI is InChI=1S/C19H18N4O7/c1-27-12-6-4-11(5-7-12)8-17-21-22-19(30-17)20-18(24)13-9-15(28-2)16(29-3)10-14(13)23(25)26/h4-7,9-10H,8H2,1-3H3,(H,20,22,24). The van der Waals surface area contributed by atoms with Crippen molar-refractivity contribution in [3.63, 3.8) is 0 Å². The molecule has 0 fully saturated rings. The molecule has 0 bridgehead atoms. The fourth-order valence-electron chi connectivity index (χ4n) is 2.66. The van der Waals surface area contributed by atoms with E-state index in [1.54, 1.807) is 19.2 Å². The van der Waals surface area contributed by atoms with Crippen molar-refractivity contribution >= 4 is 17.6 Å². The number of anilines is 1. The summed E-state index contributed by atoms with van der Waals surface area (Å²) in [7, 11) is 4.27. The topological polar surface area (TPSA) is 139 Å². The van der Waals surface area contributed by atoms with Crippen LogP contribution in [0, 0.1) is 10.1 Å². The van der Waals surface area contributed by atoms with E-state index in [9.17, 15) is 14.9 Å². The number of hydrogen-bond acceptors (Lipinski definition) is 9. The normalized spacial score (nSPS) is 10.4. The zero-order chi connectivity index (χ0) is 21.7. The molecule has 0 atom stereocenters. The van der Waals surface area contributed by atoms with E-state index in [-0.39, 0.29) is 29.0 Å². The molecule has 1 amide bonds. The number of methoxy groups -OCH3 is 3. The summed E-state index contributed by atoms with van der Waals surface area (Å²) in [6, 6.07) is 9.41. The van der Waals surface area contributed by atoms with Gasteiger partial charge in [0.1, 0.15) is 11.3 Å². The van der Waals surface area contributed by atoms with E-state index in [4.69, 9.17) is 18.6 Å². The Hall–Kier alpha value is -4.15. The Balaban J connectivity index is 1.78. The zero-order valence-electron chi connectivity index (χ0n) is 16.4. The van der Waals surface area contributed by atoms with Crippen LogP contribution in [-0.4, -0.2) is 42.4 Å². The van der Waals surface area contributed by atoms with Crippen LogP contribution in [0.1, 0.15) is 21.8 Å². The fourth-order valence-corrected chi connectivity index (χ4v) is 2.66. The highest BCUT2D eigenvalue weighted by atomic mass is 16.6. The molecule has 3 rings (SSSR count). The predicted octanol–water partition coefficient (Wildman–Crippen LogP) is 2.85. The Morgan fingerprint density at radius 2 is 1.73 bits per heavy atom. The molecule has 0 aliphatic carbocycles. The summed E-state index contributed by atoms with van der Waals surface area (Å²) in [6.45, 7) is 0. The summed E-state index contributed by atoms with van der Waals surface area (Å²) in [5.74, 6) is 0.465. The van der Waals surface area contributed by atoms with Crippen LogP contribution in [0.5, 0.6) is 17.2 Å². The number of carbonyl (C=O) groups excluding carboxylic acids is 1. The van der Waals surface area contributed by atoms with Gasteiger partial charge in [-0.2, -0.15) is 0 Å². The van der Waals surface area contributed by atoms with Crippen LogP contribution in [0.3, 0.4) is 0 Å². The number of carbonyl (C=O) groups is 1. The molecule has 0 spiro atoms. The highest BCUT2D eigenvalue weighted by molar-refractivity contribution is 6.06. The first-order chi connectivity index (χ1) is 14.4. The van der Waals surface area contributed by atoms with E-state index in [2.05, 4.69) is 15.5 Å². The lowest BCUT2D eigenvalue weighted by atomic mass is 10.1. The van der Waals surface area contributed by atoms with Crippen LogP contribution >= 0.6 is 0 Å². The van der Waals surface area contributed by atoms with Gasteiger partial charge in [-0.3, -0.25) is 20.2 Å². The van der Waals surface area contributed by atoms with Crippen molar-refractivity contribution in [2.45, 2.75) is 6.42 Å². The molecule has 0 radical (unpaired) electrons. The highest BCUT2D eigenvalue weighted by Crippen LogP contribution is 2.34. The summed E-state index contributed by atoms with van der Waals surface area (Å²) in [4.78, 5) is 23.3. The molecule has 0 saturated heterocycles. The Labute approximate surface area is 170 Å². The first-order valence-electron chi connectivity index (χ1n) is 8.62. The molecule has 0 aliphatic rings. The first-order valence-corrected chi connectivity index (χ1v) is 8.62. The van der Waals surface area contributed by atoms with E-state index in [0.717, 1.165) is 11.6 Å². The van der Waals surface area contributed by atoms with Crippen molar-refractivity contribution in [1.29, 1.82) is 0 Å². The number of nitrogens with one attached hydrogen (secondary N) is 1. The number of nitro benzene ring substituents is 1. The number of benzene rings is 2. The summed E-state index contributed by atoms with van der Waals surface area (Å²) < 4.78 is 20.7. The van der Waals surface area contributed by atoms with Crippen LogP contribution in [0.4, 0.5) is 11.7 Å². The van der Waals surface area contributed by atoms with Gasteiger partial charge in [0, 0.05) is 6.07 Å². The SMILES string of the molecule is COc1ccc(Cc2nnc(NC(=O)c3cc(OC)c(OC)cc3[N+](=O)[O-])o2)cc1. The van der Waals surface area contributed by atoms with Gasteiger partial charge in [-0.1, -0.05) is 17.2 Å². The number of amides is 1. The van der Waals surface area contributed by atoms with E-state index in [1.165, 1.54) is 20.3 Å². The van der Waals surface area contributed by atoms with E-state index in [0.29, 0.717) is 12.2 Å². The van der Waals surface area contributed by atoms with Crippen molar-refractivity contribution in [1.82, 2.24) is 10.2 Å². The van der Waals surface area contributed by atoms with Crippen LogP contribution in [0.15, 0.2) is 40.8 Å². The second kappa shape index (κ2) is 8.90. The molecule has 156 valence electrons. The van der Waals surface area contributed by atoms with Gasteiger partial charge in [-0.25, -0.2) is 0 Å². The van der Waals surface area contributed by atoms with E-state index in [1.807, 2.05) is 12.1 Å². The number of rotatable bonds is 8. The maximum absolute atomic E-state index is 12.6. The largest absolute Gasteiger partial charge is 0.497 e. The van der Waals surface area contributed by atoms with Crippen LogP contribution in [-0.2, 0) is 6.42 Å². The first kappa shape index (κ1) is 20.6. The third-order valence-electron chi connectivity index (χ3n) is 4.14. The quantitative estimate of drug-likeness (QED) is 0.435. The summed E-state index contributed by atoms with van der Waals surface area (Å²) in [5, 5.41) is 21.4. The molecule has 30 heavy (non-hydrogen) atoms. The molecule has 1 N–H and O–H groups in total. The lowest BCUT2D eigenvalue weighted by Gasteiger charge is -2.09. The minimum Gasteiger partial charge on any atom is -0.497 e. The third kappa shape index (κ3) is 4.46. The Morgan fingerprint density at radius 3 is 2.33 bits per heavy atom. The lowest BCUT2D eigenvalue weighted by Crippen LogP contribution is -2.14. The van der Waals surface area contributed by atoms with Gasteiger partial charge in [-0.05, 0) is 17.7 Å². The van der Waals surface area contributed by atoms with Crippen molar-refractivity contribution in [2.75, 3.05) is 26.6 Å². The molecular weight excluding hydrogens is 396 g/mol. The molecule has 1 heterocycles. The summed E-state index contributed by atoms with van der Waals surface area (Å²) in [5.41, 5.74) is 0.198. The van der Waals surface area contributed by atoms with Gasteiger partial charge in [0.05, 0.1) is 38.7 Å². The number of nitrogens with zero attached hydrogens (tertiary/aromatic N) is 3. The van der Waals surface area contributed by atoms with Crippen LogP contribution in [0.2, 0.25) is 0 Å². The minimum absolute atomic E-state index is 0.125.